The molecule has 19 heavy (non-hydrogen) atoms. The molecule has 2 aromatic rings. The normalized spacial score (nSPS) is 13.4. The van der Waals surface area contributed by atoms with E-state index in [0.717, 1.165) is 11.1 Å². The summed E-state index contributed by atoms with van der Waals surface area (Å²) >= 11 is 0. The summed E-state index contributed by atoms with van der Waals surface area (Å²) in [6.45, 7) is 8.03. The molecular formula is C17H23NO. The van der Waals surface area contributed by atoms with E-state index in [1.165, 1.54) is 0 Å². The summed E-state index contributed by atoms with van der Waals surface area (Å²) in [5, 5.41) is 11.0. The van der Waals surface area contributed by atoms with Crippen LogP contribution in [0.15, 0.2) is 54.9 Å². The van der Waals surface area contributed by atoms with Crippen molar-refractivity contribution < 1.29 is 5.11 Å². The molecule has 0 bridgehead atoms. The Labute approximate surface area is 116 Å². The van der Waals surface area contributed by atoms with Crippen LogP contribution in [-0.2, 0) is 5.60 Å². The van der Waals surface area contributed by atoms with Gasteiger partial charge in [-0.05, 0) is 17.5 Å². The van der Waals surface area contributed by atoms with Crippen molar-refractivity contribution in [2.45, 2.75) is 33.3 Å². The van der Waals surface area contributed by atoms with E-state index >= 15 is 0 Å². The van der Waals surface area contributed by atoms with Gasteiger partial charge < -0.3 is 5.11 Å². The standard InChI is InChI=1S/C15H17NO.C2H6/c1-12(2)15(17,13-7-4-3-5-8-13)14-9-6-10-16-11-14;1-2/h3-12,17H,1-2H3;1-2H3. The van der Waals surface area contributed by atoms with Crippen molar-refractivity contribution in [3.8, 4) is 0 Å². The lowest BCUT2D eigenvalue weighted by Crippen LogP contribution is -2.33. The lowest BCUT2D eigenvalue weighted by molar-refractivity contribution is 0.0314. The summed E-state index contributed by atoms with van der Waals surface area (Å²) in [5.41, 5.74) is 0.763. The van der Waals surface area contributed by atoms with E-state index in [1.54, 1.807) is 12.4 Å². The number of aromatic nitrogens is 1. The Balaban J connectivity index is 0.000000861. The zero-order valence-electron chi connectivity index (χ0n) is 12.2. The fraction of sp³-hybridized carbons (Fsp3) is 0.353. The van der Waals surface area contributed by atoms with Crippen LogP contribution < -0.4 is 0 Å². The SMILES string of the molecule is CC.CC(C)C(O)(c1ccccc1)c1cccnc1. The number of hydrogen-bond acceptors (Lipinski definition) is 2. The third-order valence-electron chi connectivity index (χ3n) is 3.15. The molecule has 0 radical (unpaired) electrons. The molecule has 1 unspecified atom stereocenters. The Kier molecular flexibility index (Phi) is 5.71. The minimum absolute atomic E-state index is 0.0779. The number of hydrogen-bond donors (Lipinski definition) is 1. The second-order valence-corrected chi connectivity index (χ2v) is 4.53. The molecule has 102 valence electrons. The summed E-state index contributed by atoms with van der Waals surface area (Å²) in [5.74, 6) is 0.0779. The lowest BCUT2D eigenvalue weighted by atomic mass is 9.78. The van der Waals surface area contributed by atoms with Crippen LogP contribution in [-0.4, -0.2) is 10.1 Å². The molecule has 0 saturated heterocycles. The van der Waals surface area contributed by atoms with Gasteiger partial charge in [0.15, 0.2) is 0 Å². The second kappa shape index (κ2) is 7.05. The monoisotopic (exact) mass is 257 g/mol. The Morgan fingerprint density at radius 3 is 2.00 bits per heavy atom. The van der Waals surface area contributed by atoms with Gasteiger partial charge in [0, 0.05) is 18.0 Å². The van der Waals surface area contributed by atoms with Gasteiger partial charge >= 0.3 is 0 Å². The van der Waals surface area contributed by atoms with Gasteiger partial charge in [-0.2, -0.15) is 0 Å². The average Bonchev–Trinajstić information content (AvgIpc) is 2.50. The maximum absolute atomic E-state index is 11.0. The summed E-state index contributed by atoms with van der Waals surface area (Å²) in [6.07, 6.45) is 3.45. The quantitative estimate of drug-likeness (QED) is 0.901. The molecular weight excluding hydrogens is 234 g/mol. The van der Waals surface area contributed by atoms with E-state index in [0.29, 0.717) is 0 Å². The zero-order chi connectivity index (χ0) is 14.3. The number of aliphatic hydroxyl groups is 1. The van der Waals surface area contributed by atoms with Gasteiger partial charge in [-0.1, -0.05) is 64.1 Å². The fourth-order valence-electron chi connectivity index (χ4n) is 2.11. The molecule has 1 aromatic heterocycles. The molecule has 2 rings (SSSR count). The van der Waals surface area contributed by atoms with Crippen molar-refractivity contribution in [2.24, 2.45) is 5.92 Å². The van der Waals surface area contributed by atoms with Gasteiger partial charge in [0.05, 0.1) is 0 Å². The number of benzene rings is 1. The van der Waals surface area contributed by atoms with E-state index in [1.807, 2.05) is 70.2 Å². The van der Waals surface area contributed by atoms with Crippen LogP contribution in [0.4, 0.5) is 0 Å². The average molecular weight is 257 g/mol. The Morgan fingerprint density at radius 2 is 1.53 bits per heavy atom. The predicted molar refractivity (Wildman–Crippen MR) is 79.9 cm³/mol. The lowest BCUT2D eigenvalue weighted by Gasteiger charge is -2.33. The maximum atomic E-state index is 11.0. The van der Waals surface area contributed by atoms with E-state index in [-0.39, 0.29) is 5.92 Å². The van der Waals surface area contributed by atoms with Gasteiger partial charge in [-0.25, -0.2) is 0 Å². The van der Waals surface area contributed by atoms with Crippen LogP contribution in [0.3, 0.4) is 0 Å². The van der Waals surface area contributed by atoms with Crippen LogP contribution >= 0.6 is 0 Å². The van der Waals surface area contributed by atoms with E-state index < -0.39 is 5.60 Å². The molecule has 0 amide bonds. The first-order valence-corrected chi connectivity index (χ1v) is 6.84. The summed E-state index contributed by atoms with van der Waals surface area (Å²) < 4.78 is 0. The molecule has 1 N–H and O–H groups in total. The topological polar surface area (TPSA) is 33.1 Å². The first kappa shape index (κ1) is 15.4. The van der Waals surface area contributed by atoms with Crippen LogP contribution in [0.1, 0.15) is 38.8 Å². The van der Waals surface area contributed by atoms with Gasteiger partial charge in [0.2, 0.25) is 0 Å². The zero-order valence-corrected chi connectivity index (χ0v) is 12.2. The highest BCUT2D eigenvalue weighted by Gasteiger charge is 2.35. The van der Waals surface area contributed by atoms with Crippen molar-refractivity contribution in [1.82, 2.24) is 4.98 Å². The van der Waals surface area contributed by atoms with Crippen molar-refractivity contribution in [2.75, 3.05) is 0 Å². The van der Waals surface area contributed by atoms with Gasteiger partial charge in [0.1, 0.15) is 5.60 Å². The minimum Gasteiger partial charge on any atom is -0.380 e. The van der Waals surface area contributed by atoms with Gasteiger partial charge in [-0.15, -0.1) is 0 Å². The second-order valence-electron chi connectivity index (χ2n) is 4.53. The number of nitrogens with zero attached hydrogens (tertiary/aromatic N) is 1. The third-order valence-corrected chi connectivity index (χ3v) is 3.15. The summed E-state index contributed by atoms with van der Waals surface area (Å²) in [7, 11) is 0. The predicted octanol–water partition coefficient (Wildman–Crippen LogP) is 4.00. The number of pyridine rings is 1. The molecule has 1 aromatic carbocycles. The largest absolute Gasteiger partial charge is 0.380 e. The highest BCUT2D eigenvalue weighted by molar-refractivity contribution is 5.35. The Morgan fingerprint density at radius 1 is 0.947 bits per heavy atom. The molecule has 0 spiro atoms. The van der Waals surface area contributed by atoms with Crippen molar-refractivity contribution in [1.29, 1.82) is 0 Å². The van der Waals surface area contributed by atoms with Crippen LogP contribution in [0.5, 0.6) is 0 Å². The van der Waals surface area contributed by atoms with Crippen molar-refractivity contribution in [3.63, 3.8) is 0 Å². The first-order valence-electron chi connectivity index (χ1n) is 6.84. The summed E-state index contributed by atoms with van der Waals surface area (Å²) in [4.78, 5) is 4.10. The Bertz CT molecular complexity index is 426. The molecule has 0 aliphatic heterocycles. The van der Waals surface area contributed by atoms with Crippen molar-refractivity contribution in [3.05, 3.63) is 66.0 Å². The molecule has 0 aliphatic carbocycles. The summed E-state index contributed by atoms with van der Waals surface area (Å²) in [6, 6.07) is 13.5. The van der Waals surface area contributed by atoms with E-state index in [9.17, 15) is 5.11 Å². The fourth-order valence-corrected chi connectivity index (χ4v) is 2.11. The van der Waals surface area contributed by atoms with E-state index in [2.05, 4.69) is 4.98 Å². The van der Waals surface area contributed by atoms with Crippen LogP contribution in [0.25, 0.3) is 0 Å². The Hall–Kier alpha value is -1.67. The van der Waals surface area contributed by atoms with Crippen LogP contribution in [0, 0.1) is 5.92 Å². The maximum Gasteiger partial charge on any atom is 0.118 e. The molecule has 2 nitrogen and oxygen atoms in total. The highest BCUT2D eigenvalue weighted by Crippen LogP contribution is 2.35. The number of rotatable bonds is 3. The third kappa shape index (κ3) is 3.21. The molecule has 1 heterocycles. The van der Waals surface area contributed by atoms with Gasteiger partial charge in [0.25, 0.3) is 0 Å². The molecule has 0 fully saturated rings. The highest BCUT2D eigenvalue weighted by atomic mass is 16.3. The molecule has 0 saturated carbocycles. The molecule has 2 heteroatoms. The first-order chi connectivity index (χ1) is 9.15. The van der Waals surface area contributed by atoms with Crippen molar-refractivity contribution >= 4 is 0 Å². The smallest absolute Gasteiger partial charge is 0.118 e. The van der Waals surface area contributed by atoms with Gasteiger partial charge in [-0.3, -0.25) is 4.98 Å². The molecule has 0 aliphatic rings. The molecule has 1 atom stereocenters. The minimum atomic E-state index is -0.977. The van der Waals surface area contributed by atoms with E-state index in [4.69, 9.17) is 0 Å². The van der Waals surface area contributed by atoms with Crippen LogP contribution in [0.2, 0.25) is 0 Å².